The number of carbonyl (C=O) groups excluding carboxylic acids is 1. The van der Waals surface area contributed by atoms with Crippen LogP contribution in [0, 0.1) is 12.8 Å². The third-order valence-electron chi connectivity index (χ3n) is 5.79. The first kappa shape index (κ1) is 20.2. The molecular weight excluding hydrogens is 380 g/mol. The highest BCUT2D eigenvalue weighted by atomic mass is 16.7. The molecule has 1 atom stereocenters. The van der Waals surface area contributed by atoms with Gasteiger partial charge in [0.1, 0.15) is 0 Å². The standard InChI is InChI=1S/C23H28N4O3/c1-4-6-7-16(5-2)11-25-23(28)18-12-24-22-19(13-26-27(22)15(18)3)17-8-9-20-21(10-17)30-14-29-20/h8-10,12-13,16H,4-7,11,14H2,1-3H3,(H,25,28). The number of benzene rings is 1. The molecule has 1 amide bonds. The van der Waals surface area contributed by atoms with Crippen LogP contribution >= 0.6 is 0 Å². The van der Waals surface area contributed by atoms with Gasteiger partial charge < -0.3 is 14.8 Å². The Bertz CT molecular complexity index is 1060. The molecule has 0 aliphatic carbocycles. The zero-order valence-corrected chi connectivity index (χ0v) is 17.8. The molecule has 2 aromatic heterocycles. The second kappa shape index (κ2) is 8.73. The number of nitrogens with one attached hydrogen (secondary N) is 1. The van der Waals surface area contributed by atoms with Crippen molar-refractivity contribution in [2.24, 2.45) is 5.92 Å². The average molecular weight is 409 g/mol. The fourth-order valence-electron chi connectivity index (χ4n) is 3.81. The summed E-state index contributed by atoms with van der Waals surface area (Å²) in [5.41, 5.74) is 3.85. The highest BCUT2D eigenvalue weighted by molar-refractivity contribution is 5.95. The molecule has 0 saturated carbocycles. The van der Waals surface area contributed by atoms with Crippen LogP contribution in [-0.2, 0) is 0 Å². The fraction of sp³-hybridized carbons (Fsp3) is 0.435. The molecule has 1 N–H and O–H groups in total. The molecule has 0 spiro atoms. The van der Waals surface area contributed by atoms with Crippen molar-refractivity contribution in [1.82, 2.24) is 19.9 Å². The minimum absolute atomic E-state index is 0.100. The Balaban J connectivity index is 1.56. The van der Waals surface area contributed by atoms with Gasteiger partial charge >= 0.3 is 0 Å². The SMILES string of the molecule is CCCCC(CC)CNC(=O)c1cnc2c(-c3ccc4c(c3)OCO4)cnn2c1C. The molecule has 30 heavy (non-hydrogen) atoms. The van der Waals surface area contributed by atoms with E-state index >= 15 is 0 Å². The van der Waals surface area contributed by atoms with Crippen molar-refractivity contribution in [2.45, 2.75) is 46.5 Å². The van der Waals surface area contributed by atoms with E-state index in [-0.39, 0.29) is 12.7 Å². The number of unbranched alkanes of at least 4 members (excludes halogenated alkanes) is 1. The maximum absolute atomic E-state index is 12.8. The topological polar surface area (TPSA) is 77.8 Å². The van der Waals surface area contributed by atoms with Gasteiger partial charge in [0, 0.05) is 18.3 Å². The van der Waals surface area contributed by atoms with Gasteiger partial charge in [0.2, 0.25) is 6.79 Å². The lowest BCUT2D eigenvalue weighted by molar-refractivity contribution is 0.0944. The normalized spacial score (nSPS) is 13.6. The predicted octanol–water partition coefficient (Wildman–Crippen LogP) is 4.38. The van der Waals surface area contributed by atoms with Gasteiger partial charge in [-0.1, -0.05) is 39.2 Å². The molecule has 3 aromatic rings. The van der Waals surface area contributed by atoms with E-state index in [4.69, 9.17) is 9.47 Å². The third-order valence-corrected chi connectivity index (χ3v) is 5.79. The number of hydrogen-bond donors (Lipinski definition) is 1. The Labute approximate surface area is 176 Å². The van der Waals surface area contributed by atoms with Crippen LogP contribution in [0.15, 0.2) is 30.6 Å². The molecule has 1 aliphatic rings. The Morgan fingerprint density at radius 1 is 1.23 bits per heavy atom. The van der Waals surface area contributed by atoms with Crippen molar-refractivity contribution in [3.8, 4) is 22.6 Å². The summed E-state index contributed by atoms with van der Waals surface area (Å²) in [5, 5.41) is 7.57. The van der Waals surface area contributed by atoms with E-state index in [9.17, 15) is 4.79 Å². The summed E-state index contributed by atoms with van der Waals surface area (Å²) in [5.74, 6) is 1.86. The van der Waals surface area contributed by atoms with Crippen molar-refractivity contribution in [2.75, 3.05) is 13.3 Å². The number of carbonyl (C=O) groups is 1. The van der Waals surface area contributed by atoms with E-state index in [2.05, 4.69) is 29.2 Å². The second-order valence-corrected chi connectivity index (χ2v) is 7.75. The van der Waals surface area contributed by atoms with Crippen molar-refractivity contribution < 1.29 is 14.3 Å². The maximum Gasteiger partial charge on any atom is 0.254 e. The summed E-state index contributed by atoms with van der Waals surface area (Å²) in [6.45, 7) is 7.19. The van der Waals surface area contributed by atoms with Crippen LogP contribution in [0.5, 0.6) is 11.5 Å². The number of fused-ring (bicyclic) bond motifs is 2. The highest BCUT2D eigenvalue weighted by Gasteiger charge is 2.19. The van der Waals surface area contributed by atoms with E-state index in [0.717, 1.165) is 35.4 Å². The molecule has 7 heteroatoms. The lowest BCUT2D eigenvalue weighted by Gasteiger charge is -2.16. The molecule has 1 unspecified atom stereocenters. The number of ether oxygens (including phenoxy) is 2. The van der Waals surface area contributed by atoms with Crippen molar-refractivity contribution in [3.63, 3.8) is 0 Å². The quantitative estimate of drug-likeness (QED) is 0.598. The van der Waals surface area contributed by atoms with Crippen LogP contribution in [0.1, 0.15) is 55.6 Å². The van der Waals surface area contributed by atoms with Gasteiger partial charge in [0.25, 0.3) is 5.91 Å². The van der Waals surface area contributed by atoms with Crippen molar-refractivity contribution in [1.29, 1.82) is 0 Å². The van der Waals surface area contributed by atoms with Crippen LogP contribution in [0.4, 0.5) is 0 Å². The van der Waals surface area contributed by atoms with Gasteiger partial charge in [0.05, 0.1) is 17.5 Å². The molecule has 4 rings (SSSR count). The first-order valence-electron chi connectivity index (χ1n) is 10.6. The summed E-state index contributed by atoms with van der Waals surface area (Å²) < 4.78 is 12.6. The van der Waals surface area contributed by atoms with Gasteiger partial charge in [0.15, 0.2) is 17.1 Å². The van der Waals surface area contributed by atoms with Gasteiger partial charge in [-0.15, -0.1) is 0 Å². The lowest BCUT2D eigenvalue weighted by atomic mass is 9.99. The highest BCUT2D eigenvalue weighted by Crippen LogP contribution is 2.36. The van der Waals surface area contributed by atoms with E-state index in [1.807, 2.05) is 25.1 Å². The summed E-state index contributed by atoms with van der Waals surface area (Å²) in [7, 11) is 0. The number of aromatic nitrogens is 3. The minimum Gasteiger partial charge on any atom is -0.454 e. The van der Waals surface area contributed by atoms with E-state index in [1.165, 1.54) is 12.8 Å². The monoisotopic (exact) mass is 408 g/mol. The van der Waals surface area contributed by atoms with Gasteiger partial charge in [-0.25, -0.2) is 9.50 Å². The first-order valence-corrected chi connectivity index (χ1v) is 10.6. The summed E-state index contributed by atoms with van der Waals surface area (Å²) >= 11 is 0. The predicted molar refractivity (Wildman–Crippen MR) is 115 cm³/mol. The minimum atomic E-state index is -0.100. The Morgan fingerprint density at radius 3 is 2.87 bits per heavy atom. The largest absolute Gasteiger partial charge is 0.454 e. The molecule has 7 nitrogen and oxygen atoms in total. The summed E-state index contributed by atoms with van der Waals surface area (Å²) in [6, 6.07) is 5.78. The van der Waals surface area contributed by atoms with Crippen LogP contribution in [0.3, 0.4) is 0 Å². The Morgan fingerprint density at radius 2 is 2.07 bits per heavy atom. The third kappa shape index (κ3) is 3.84. The van der Waals surface area contributed by atoms with Crippen LogP contribution in [0.2, 0.25) is 0 Å². The van der Waals surface area contributed by atoms with Crippen LogP contribution in [0.25, 0.3) is 16.8 Å². The molecule has 158 valence electrons. The van der Waals surface area contributed by atoms with Gasteiger partial charge in [-0.2, -0.15) is 5.10 Å². The molecule has 1 aromatic carbocycles. The van der Waals surface area contributed by atoms with Crippen molar-refractivity contribution in [3.05, 3.63) is 41.9 Å². The number of rotatable bonds is 8. The lowest BCUT2D eigenvalue weighted by Crippen LogP contribution is -2.30. The van der Waals surface area contributed by atoms with E-state index < -0.39 is 0 Å². The van der Waals surface area contributed by atoms with Crippen LogP contribution in [-0.4, -0.2) is 33.8 Å². The van der Waals surface area contributed by atoms with Gasteiger partial charge in [-0.3, -0.25) is 4.79 Å². The second-order valence-electron chi connectivity index (χ2n) is 7.75. The maximum atomic E-state index is 12.8. The number of amides is 1. The molecule has 1 aliphatic heterocycles. The fourth-order valence-corrected chi connectivity index (χ4v) is 3.81. The number of aryl methyl sites for hydroxylation is 1. The average Bonchev–Trinajstić information content (AvgIpc) is 3.40. The zero-order chi connectivity index (χ0) is 21.1. The number of nitrogens with zero attached hydrogens (tertiary/aromatic N) is 3. The Hall–Kier alpha value is -3.09. The molecule has 0 radical (unpaired) electrons. The first-order chi connectivity index (χ1) is 14.6. The summed E-state index contributed by atoms with van der Waals surface area (Å²) in [4.78, 5) is 17.3. The molecular formula is C23H28N4O3. The van der Waals surface area contributed by atoms with E-state index in [0.29, 0.717) is 29.4 Å². The summed E-state index contributed by atoms with van der Waals surface area (Å²) in [6.07, 6.45) is 7.99. The van der Waals surface area contributed by atoms with Crippen molar-refractivity contribution >= 4 is 11.6 Å². The molecule has 0 saturated heterocycles. The molecule has 0 fully saturated rings. The van der Waals surface area contributed by atoms with Crippen LogP contribution < -0.4 is 14.8 Å². The van der Waals surface area contributed by atoms with E-state index in [1.54, 1.807) is 16.9 Å². The zero-order valence-electron chi connectivity index (χ0n) is 17.8. The number of hydrogen-bond acceptors (Lipinski definition) is 5. The Kier molecular flexibility index (Phi) is 5.88. The van der Waals surface area contributed by atoms with Gasteiger partial charge in [-0.05, 0) is 37.0 Å². The molecule has 3 heterocycles. The smallest absolute Gasteiger partial charge is 0.254 e. The molecule has 0 bridgehead atoms.